The average molecular weight is 389 g/mol. The molecule has 2 fully saturated rings. The Morgan fingerprint density at radius 3 is 2.82 bits per heavy atom. The summed E-state index contributed by atoms with van der Waals surface area (Å²) in [4.78, 5) is 14.5. The molecule has 1 heterocycles. The molecule has 3 rings (SSSR count). The maximum atomic E-state index is 12.2. The van der Waals surface area contributed by atoms with E-state index in [2.05, 4.69) is 26.1 Å². The number of hydrogen-bond acceptors (Lipinski definition) is 3. The van der Waals surface area contributed by atoms with Gasteiger partial charge in [-0.3, -0.25) is 9.69 Å². The molecule has 4 nitrogen and oxygen atoms in total. The first-order chi connectivity index (χ1) is 10.1. The monoisotopic (exact) mass is 387 g/mol. The molecule has 1 amide bonds. The van der Waals surface area contributed by atoms with E-state index in [1.807, 2.05) is 24.3 Å². The Balaban J connectivity index is 0.00000176. The van der Waals surface area contributed by atoms with Crippen LogP contribution in [0, 0.1) is 11.8 Å². The van der Waals surface area contributed by atoms with Gasteiger partial charge in [-0.25, -0.2) is 0 Å². The van der Waals surface area contributed by atoms with Crippen molar-refractivity contribution in [3.63, 3.8) is 0 Å². The molecule has 1 saturated carbocycles. The lowest BCUT2D eigenvalue weighted by molar-refractivity contribution is -0.117. The first-order valence-electron chi connectivity index (χ1n) is 7.66. The van der Waals surface area contributed by atoms with Crippen LogP contribution in [0.25, 0.3) is 0 Å². The minimum absolute atomic E-state index is 0. The van der Waals surface area contributed by atoms with Crippen LogP contribution in [0.5, 0.6) is 0 Å². The first kappa shape index (κ1) is 17.7. The normalized spacial score (nSPS) is 27.8. The number of nitrogens with two attached hydrogens (primary N) is 1. The summed E-state index contributed by atoms with van der Waals surface area (Å²) >= 11 is 3.45. The molecular formula is C16H23BrClN3O. The zero-order chi connectivity index (χ0) is 14.8. The zero-order valence-electron chi connectivity index (χ0n) is 12.5. The Bertz CT molecular complexity index is 528. The summed E-state index contributed by atoms with van der Waals surface area (Å²) < 4.78 is 0.912. The smallest absolute Gasteiger partial charge is 0.238 e. The number of fused-ring (bicyclic) bond motifs is 1. The van der Waals surface area contributed by atoms with E-state index in [-0.39, 0.29) is 18.3 Å². The minimum Gasteiger partial charge on any atom is -0.327 e. The van der Waals surface area contributed by atoms with Crippen LogP contribution in [-0.2, 0) is 4.79 Å². The Kier molecular flexibility index (Phi) is 6.26. The van der Waals surface area contributed by atoms with Crippen molar-refractivity contribution < 1.29 is 4.79 Å². The summed E-state index contributed by atoms with van der Waals surface area (Å²) in [6.07, 6.45) is 3.64. The lowest BCUT2D eigenvalue weighted by atomic mass is 9.78. The molecule has 0 radical (unpaired) electrons. The zero-order valence-corrected chi connectivity index (χ0v) is 14.9. The molecule has 1 aromatic carbocycles. The van der Waals surface area contributed by atoms with Crippen molar-refractivity contribution in [2.24, 2.45) is 17.6 Å². The van der Waals surface area contributed by atoms with E-state index in [9.17, 15) is 4.79 Å². The second kappa shape index (κ2) is 7.77. The number of nitrogens with zero attached hydrogens (tertiary/aromatic N) is 1. The highest BCUT2D eigenvalue weighted by atomic mass is 79.9. The van der Waals surface area contributed by atoms with Gasteiger partial charge in [0.05, 0.1) is 12.2 Å². The molecule has 22 heavy (non-hydrogen) atoms. The van der Waals surface area contributed by atoms with Crippen LogP contribution in [0.2, 0.25) is 0 Å². The molecular weight excluding hydrogens is 366 g/mol. The van der Waals surface area contributed by atoms with Gasteiger partial charge < -0.3 is 11.1 Å². The van der Waals surface area contributed by atoms with E-state index in [0.29, 0.717) is 24.4 Å². The summed E-state index contributed by atoms with van der Waals surface area (Å²) in [6, 6.07) is 8.01. The van der Waals surface area contributed by atoms with Crippen molar-refractivity contribution in [3.8, 4) is 0 Å². The number of carbonyl (C=O) groups excluding carboxylic acids is 1. The standard InChI is InChI=1S/C16H22BrN3O.ClH/c17-13-5-1-2-7-15(13)19-16(21)10-20-8-11-4-3-6-14(18)12(11)9-20;/h1-2,5,7,11-12,14H,3-4,6,8-10,18H2,(H,19,21);1H. The quantitative estimate of drug-likeness (QED) is 0.837. The molecule has 122 valence electrons. The highest BCUT2D eigenvalue weighted by Gasteiger charge is 2.38. The molecule has 0 bridgehead atoms. The number of carbonyl (C=O) groups is 1. The third-order valence-corrected chi connectivity index (χ3v) is 5.44. The third-order valence-electron chi connectivity index (χ3n) is 4.74. The molecule has 3 unspecified atom stereocenters. The fourth-order valence-corrected chi connectivity index (χ4v) is 4.08. The predicted molar refractivity (Wildman–Crippen MR) is 95.3 cm³/mol. The summed E-state index contributed by atoms with van der Waals surface area (Å²) in [5.74, 6) is 1.31. The van der Waals surface area contributed by atoms with Gasteiger partial charge in [0, 0.05) is 23.6 Å². The van der Waals surface area contributed by atoms with Crippen molar-refractivity contribution in [3.05, 3.63) is 28.7 Å². The van der Waals surface area contributed by atoms with Crippen LogP contribution in [0.4, 0.5) is 5.69 Å². The van der Waals surface area contributed by atoms with Crippen LogP contribution < -0.4 is 11.1 Å². The first-order valence-corrected chi connectivity index (χ1v) is 8.45. The summed E-state index contributed by atoms with van der Waals surface area (Å²) in [6.45, 7) is 2.44. The lowest BCUT2D eigenvalue weighted by Gasteiger charge is -2.29. The topological polar surface area (TPSA) is 58.4 Å². The Morgan fingerprint density at radius 2 is 2.09 bits per heavy atom. The van der Waals surface area contributed by atoms with Gasteiger partial charge in [0.2, 0.25) is 5.91 Å². The highest BCUT2D eigenvalue weighted by molar-refractivity contribution is 9.10. The fourth-order valence-electron chi connectivity index (χ4n) is 3.69. The van der Waals surface area contributed by atoms with Crippen molar-refractivity contribution in [1.82, 2.24) is 4.90 Å². The maximum Gasteiger partial charge on any atom is 0.238 e. The van der Waals surface area contributed by atoms with Crippen molar-refractivity contribution in [2.75, 3.05) is 25.0 Å². The molecule has 6 heteroatoms. The molecule has 3 atom stereocenters. The number of para-hydroxylation sites is 1. The van der Waals surface area contributed by atoms with Gasteiger partial charge in [0.1, 0.15) is 0 Å². The SMILES string of the molecule is Cl.NC1CCCC2CN(CC(=O)Nc3ccccc3Br)CC12. The number of benzene rings is 1. The van der Waals surface area contributed by atoms with Gasteiger partial charge in [-0.1, -0.05) is 18.6 Å². The van der Waals surface area contributed by atoms with Crippen LogP contribution in [0.3, 0.4) is 0 Å². The van der Waals surface area contributed by atoms with Gasteiger partial charge in [-0.15, -0.1) is 12.4 Å². The molecule has 1 saturated heterocycles. The number of rotatable bonds is 3. The number of amides is 1. The number of likely N-dealkylation sites (tertiary alicyclic amines) is 1. The molecule has 3 N–H and O–H groups in total. The van der Waals surface area contributed by atoms with Crippen LogP contribution in [0.15, 0.2) is 28.7 Å². The highest BCUT2D eigenvalue weighted by Crippen LogP contribution is 2.35. The number of halogens is 2. The van der Waals surface area contributed by atoms with Gasteiger partial charge in [0.15, 0.2) is 0 Å². The minimum atomic E-state index is 0. The number of nitrogens with one attached hydrogen (secondary N) is 1. The van der Waals surface area contributed by atoms with Crippen molar-refractivity contribution in [2.45, 2.75) is 25.3 Å². The van der Waals surface area contributed by atoms with Crippen LogP contribution >= 0.6 is 28.3 Å². The van der Waals surface area contributed by atoms with E-state index >= 15 is 0 Å². The van der Waals surface area contributed by atoms with E-state index < -0.39 is 0 Å². The summed E-state index contributed by atoms with van der Waals surface area (Å²) in [7, 11) is 0. The fraction of sp³-hybridized carbons (Fsp3) is 0.562. The molecule has 1 aromatic rings. The number of anilines is 1. The second-order valence-corrected chi connectivity index (χ2v) is 7.10. The van der Waals surface area contributed by atoms with Crippen molar-refractivity contribution >= 4 is 39.9 Å². The molecule has 2 aliphatic rings. The second-order valence-electron chi connectivity index (χ2n) is 6.24. The van der Waals surface area contributed by atoms with Gasteiger partial charge in [-0.05, 0) is 52.7 Å². The molecule has 1 aliphatic heterocycles. The molecule has 1 aliphatic carbocycles. The average Bonchev–Trinajstić information content (AvgIpc) is 2.85. The Morgan fingerprint density at radius 1 is 1.32 bits per heavy atom. The summed E-state index contributed by atoms with van der Waals surface area (Å²) in [5.41, 5.74) is 7.05. The number of hydrogen-bond donors (Lipinski definition) is 2. The lowest BCUT2D eigenvalue weighted by Crippen LogP contribution is -2.38. The summed E-state index contributed by atoms with van der Waals surface area (Å²) in [5, 5.41) is 2.97. The Labute approximate surface area is 146 Å². The molecule has 0 aromatic heterocycles. The van der Waals surface area contributed by atoms with E-state index in [1.165, 1.54) is 12.8 Å². The van der Waals surface area contributed by atoms with Crippen LogP contribution in [0.1, 0.15) is 19.3 Å². The van der Waals surface area contributed by atoms with Crippen molar-refractivity contribution in [1.29, 1.82) is 0 Å². The van der Waals surface area contributed by atoms with E-state index in [4.69, 9.17) is 5.73 Å². The van der Waals surface area contributed by atoms with Gasteiger partial charge >= 0.3 is 0 Å². The third kappa shape index (κ3) is 4.02. The Hall–Kier alpha value is -0.620. The predicted octanol–water partition coefficient (Wildman–Crippen LogP) is 2.87. The molecule has 0 spiro atoms. The van der Waals surface area contributed by atoms with E-state index in [1.54, 1.807) is 0 Å². The van der Waals surface area contributed by atoms with Gasteiger partial charge in [-0.2, -0.15) is 0 Å². The van der Waals surface area contributed by atoms with E-state index in [0.717, 1.165) is 29.7 Å². The largest absolute Gasteiger partial charge is 0.327 e. The van der Waals surface area contributed by atoms with Gasteiger partial charge in [0.25, 0.3) is 0 Å². The maximum absolute atomic E-state index is 12.2. The van der Waals surface area contributed by atoms with Crippen LogP contribution in [-0.4, -0.2) is 36.5 Å².